The summed E-state index contributed by atoms with van der Waals surface area (Å²) in [6.07, 6.45) is 4.97. The number of furan rings is 1. The lowest BCUT2D eigenvalue weighted by molar-refractivity contribution is -0.130. The Morgan fingerprint density at radius 3 is 2.64 bits per heavy atom. The smallest absolute Gasteiger partial charge is 0.219 e. The maximum Gasteiger partial charge on any atom is 0.219 e. The number of amides is 1. The minimum absolute atomic E-state index is 0.158. The molecule has 6 heteroatoms. The van der Waals surface area contributed by atoms with Crippen LogP contribution in [0.1, 0.15) is 25.5 Å². The molecule has 6 nitrogen and oxygen atoms in total. The van der Waals surface area contributed by atoms with Gasteiger partial charge in [0.1, 0.15) is 5.76 Å². The molecule has 22 heavy (non-hydrogen) atoms. The van der Waals surface area contributed by atoms with E-state index in [1.165, 1.54) is 12.8 Å². The van der Waals surface area contributed by atoms with Crippen LogP contribution in [0, 0.1) is 0 Å². The first-order chi connectivity index (χ1) is 10.7. The van der Waals surface area contributed by atoms with E-state index in [0.29, 0.717) is 6.04 Å². The van der Waals surface area contributed by atoms with Gasteiger partial charge >= 0.3 is 0 Å². The predicted octanol–water partition coefficient (Wildman–Crippen LogP) is 1.09. The lowest BCUT2D eigenvalue weighted by Crippen LogP contribution is -2.53. The summed E-state index contributed by atoms with van der Waals surface area (Å²) in [4.78, 5) is 20.3. The standard InChI is InChI=1S/C16H24N4O2/c1-13(21)19-8-10-20(11-9-19)16(18-14-4-5-14)17-7-6-15-3-2-12-22-15/h2-3,12,14H,4-11H2,1H3,(H,17,18). The number of hydrogen-bond acceptors (Lipinski definition) is 3. The summed E-state index contributed by atoms with van der Waals surface area (Å²) >= 11 is 0. The molecule has 3 rings (SSSR count). The molecule has 1 N–H and O–H groups in total. The number of aliphatic imine (C=N–C) groups is 1. The van der Waals surface area contributed by atoms with Gasteiger partial charge in [0, 0.05) is 52.1 Å². The van der Waals surface area contributed by atoms with Crippen LogP contribution in [0.4, 0.5) is 0 Å². The first-order valence-corrected chi connectivity index (χ1v) is 8.06. The molecule has 0 unspecified atom stereocenters. The number of carbonyl (C=O) groups excluding carboxylic acids is 1. The fraction of sp³-hybridized carbons (Fsp3) is 0.625. The Morgan fingerprint density at radius 1 is 1.32 bits per heavy atom. The second-order valence-corrected chi connectivity index (χ2v) is 5.95. The van der Waals surface area contributed by atoms with Gasteiger partial charge in [0.2, 0.25) is 5.91 Å². The SMILES string of the molecule is CC(=O)N1CCN(C(=NCCc2ccco2)NC2CC2)CC1. The number of hydrogen-bond donors (Lipinski definition) is 1. The highest BCUT2D eigenvalue weighted by Crippen LogP contribution is 2.19. The van der Waals surface area contributed by atoms with Crippen LogP contribution in [0.2, 0.25) is 0 Å². The summed E-state index contributed by atoms with van der Waals surface area (Å²) in [5, 5.41) is 3.53. The molecule has 1 aliphatic heterocycles. The third kappa shape index (κ3) is 4.02. The Morgan fingerprint density at radius 2 is 2.05 bits per heavy atom. The normalized spacial score (nSPS) is 19.4. The second kappa shape index (κ2) is 6.85. The molecule has 1 aromatic heterocycles. The van der Waals surface area contributed by atoms with E-state index >= 15 is 0 Å². The van der Waals surface area contributed by atoms with Crippen molar-refractivity contribution < 1.29 is 9.21 Å². The van der Waals surface area contributed by atoms with Gasteiger partial charge in [-0.2, -0.15) is 0 Å². The van der Waals surface area contributed by atoms with Crippen LogP contribution in [0.3, 0.4) is 0 Å². The summed E-state index contributed by atoms with van der Waals surface area (Å²) < 4.78 is 5.35. The number of nitrogens with one attached hydrogen (secondary N) is 1. The monoisotopic (exact) mass is 304 g/mol. The predicted molar refractivity (Wildman–Crippen MR) is 84.7 cm³/mol. The van der Waals surface area contributed by atoms with E-state index in [4.69, 9.17) is 9.41 Å². The zero-order valence-corrected chi connectivity index (χ0v) is 13.1. The van der Waals surface area contributed by atoms with Crippen LogP contribution in [-0.2, 0) is 11.2 Å². The van der Waals surface area contributed by atoms with Gasteiger partial charge in [-0.1, -0.05) is 0 Å². The molecule has 2 heterocycles. The van der Waals surface area contributed by atoms with Gasteiger partial charge in [0.25, 0.3) is 0 Å². The van der Waals surface area contributed by atoms with E-state index in [1.54, 1.807) is 13.2 Å². The number of nitrogens with zero attached hydrogens (tertiary/aromatic N) is 3. The van der Waals surface area contributed by atoms with Gasteiger partial charge in [-0.15, -0.1) is 0 Å². The van der Waals surface area contributed by atoms with Gasteiger partial charge < -0.3 is 19.5 Å². The molecule has 2 aliphatic rings. The van der Waals surface area contributed by atoms with Gasteiger partial charge in [-0.05, 0) is 25.0 Å². The van der Waals surface area contributed by atoms with Crippen molar-refractivity contribution in [3.05, 3.63) is 24.2 Å². The second-order valence-electron chi connectivity index (χ2n) is 5.95. The average Bonchev–Trinajstić information content (AvgIpc) is 3.19. The molecule has 1 aromatic rings. The Balaban J connectivity index is 1.56. The van der Waals surface area contributed by atoms with Crippen molar-refractivity contribution in [2.75, 3.05) is 32.7 Å². The topological polar surface area (TPSA) is 61.1 Å². The molecule has 0 aromatic carbocycles. The summed E-state index contributed by atoms with van der Waals surface area (Å²) in [5.41, 5.74) is 0. The van der Waals surface area contributed by atoms with Crippen molar-refractivity contribution in [2.45, 2.75) is 32.2 Å². The van der Waals surface area contributed by atoms with Crippen molar-refractivity contribution in [1.29, 1.82) is 0 Å². The fourth-order valence-electron chi connectivity index (χ4n) is 2.61. The van der Waals surface area contributed by atoms with Crippen molar-refractivity contribution in [1.82, 2.24) is 15.1 Å². The molecule has 0 atom stereocenters. The van der Waals surface area contributed by atoms with Crippen LogP contribution in [0.15, 0.2) is 27.8 Å². The number of rotatable bonds is 4. The third-order valence-corrected chi connectivity index (χ3v) is 4.13. The van der Waals surface area contributed by atoms with Crippen LogP contribution in [-0.4, -0.2) is 60.4 Å². The van der Waals surface area contributed by atoms with E-state index in [0.717, 1.165) is 50.9 Å². The number of carbonyl (C=O) groups is 1. The van der Waals surface area contributed by atoms with Crippen LogP contribution in [0.25, 0.3) is 0 Å². The Hall–Kier alpha value is -1.98. The molecule has 1 saturated carbocycles. The summed E-state index contributed by atoms with van der Waals surface area (Å²) in [7, 11) is 0. The van der Waals surface area contributed by atoms with E-state index in [-0.39, 0.29) is 5.91 Å². The molecule has 1 amide bonds. The van der Waals surface area contributed by atoms with Gasteiger partial charge in [0.15, 0.2) is 5.96 Å². The Kier molecular flexibility index (Phi) is 4.65. The Labute approximate surface area is 131 Å². The number of guanidine groups is 1. The molecular weight excluding hydrogens is 280 g/mol. The lowest BCUT2D eigenvalue weighted by Gasteiger charge is -2.36. The van der Waals surface area contributed by atoms with Crippen LogP contribution < -0.4 is 5.32 Å². The summed E-state index contributed by atoms with van der Waals surface area (Å²) in [6, 6.07) is 4.46. The summed E-state index contributed by atoms with van der Waals surface area (Å²) in [6.45, 7) is 5.60. The average molecular weight is 304 g/mol. The zero-order chi connectivity index (χ0) is 15.4. The first-order valence-electron chi connectivity index (χ1n) is 8.06. The maximum atomic E-state index is 11.4. The molecular formula is C16H24N4O2. The van der Waals surface area contributed by atoms with E-state index < -0.39 is 0 Å². The van der Waals surface area contributed by atoms with Crippen LogP contribution in [0.5, 0.6) is 0 Å². The molecule has 1 aliphatic carbocycles. The van der Waals surface area contributed by atoms with E-state index in [2.05, 4.69) is 10.2 Å². The van der Waals surface area contributed by atoms with Crippen molar-refractivity contribution >= 4 is 11.9 Å². The first kappa shape index (κ1) is 14.9. The van der Waals surface area contributed by atoms with E-state index in [9.17, 15) is 4.79 Å². The largest absolute Gasteiger partial charge is 0.469 e. The maximum absolute atomic E-state index is 11.4. The van der Waals surface area contributed by atoms with E-state index in [1.807, 2.05) is 17.0 Å². The fourth-order valence-corrected chi connectivity index (χ4v) is 2.61. The van der Waals surface area contributed by atoms with Crippen molar-refractivity contribution in [3.63, 3.8) is 0 Å². The molecule has 0 bridgehead atoms. The highest BCUT2D eigenvalue weighted by molar-refractivity contribution is 5.81. The third-order valence-electron chi connectivity index (χ3n) is 4.13. The minimum Gasteiger partial charge on any atom is -0.469 e. The quantitative estimate of drug-likeness (QED) is 0.668. The molecule has 0 radical (unpaired) electrons. The molecule has 120 valence electrons. The van der Waals surface area contributed by atoms with Crippen molar-refractivity contribution in [2.24, 2.45) is 4.99 Å². The highest BCUT2D eigenvalue weighted by Gasteiger charge is 2.27. The van der Waals surface area contributed by atoms with Crippen LogP contribution >= 0.6 is 0 Å². The number of piperazine rings is 1. The van der Waals surface area contributed by atoms with Gasteiger partial charge in [-0.25, -0.2) is 0 Å². The molecule has 1 saturated heterocycles. The van der Waals surface area contributed by atoms with Crippen molar-refractivity contribution in [3.8, 4) is 0 Å². The molecule has 0 spiro atoms. The lowest BCUT2D eigenvalue weighted by atomic mass is 10.3. The summed E-state index contributed by atoms with van der Waals surface area (Å²) in [5.74, 6) is 2.11. The van der Waals surface area contributed by atoms with Gasteiger partial charge in [0.05, 0.1) is 6.26 Å². The minimum atomic E-state index is 0.158. The zero-order valence-electron chi connectivity index (χ0n) is 13.1. The Bertz CT molecular complexity index is 514. The highest BCUT2D eigenvalue weighted by atomic mass is 16.3. The van der Waals surface area contributed by atoms with Gasteiger partial charge in [-0.3, -0.25) is 9.79 Å². The molecule has 2 fully saturated rings.